The maximum Gasteiger partial charge on any atom is 0.318 e. The van der Waals surface area contributed by atoms with Crippen LogP contribution in [0, 0.1) is 0 Å². The van der Waals surface area contributed by atoms with Gasteiger partial charge in [0.05, 0.1) is 0 Å². The predicted molar refractivity (Wildman–Crippen MR) is 96.5 cm³/mol. The maximum absolute atomic E-state index is 12.7. The fourth-order valence-corrected chi connectivity index (χ4v) is 4.41. The molecule has 3 aliphatic heterocycles. The largest absolute Gasteiger partial charge is 0.326 e. The van der Waals surface area contributed by atoms with Gasteiger partial charge in [-0.3, -0.25) is 9.69 Å². The molecule has 3 heterocycles. The van der Waals surface area contributed by atoms with Crippen LogP contribution in [0.4, 0.5) is 10.5 Å². The van der Waals surface area contributed by atoms with E-state index in [1.54, 1.807) is 4.90 Å². The Bertz CT molecular complexity index is 650. The van der Waals surface area contributed by atoms with Crippen molar-refractivity contribution < 1.29 is 9.59 Å². The van der Waals surface area contributed by atoms with Gasteiger partial charge in [-0.25, -0.2) is 4.79 Å². The van der Waals surface area contributed by atoms with E-state index in [1.165, 1.54) is 6.42 Å². The summed E-state index contributed by atoms with van der Waals surface area (Å²) in [6.07, 6.45) is 4.09. The molecule has 3 aliphatic rings. The molecule has 3 fully saturated rings. The quantitative estimate of drug-likeness (QED) is 0.889. The fraction of sp³-hybridized carbons (Fsp3) is 0.579. The molecule has 1 aromatic rings. The molecule has 0 radical (unpaired) electrons. The van der Waals surface area contributed by atoms with E-state index in [4.69, 9.17) is 0 Å². The van der Waals surface area contributed by atoms with Gasteiger partial charge < -0.3 is 15.1 Å². The Labute approximate surface area is 148 Å². The van der Waals surface area contributed by atoms with E-state index in [1.807, 2.05) is 35.2 Å². The number of carbonyl (C=O) groups excluding carboxylic acids is 2. The average molecular weight is 342 g/mol. The van der Waals surface area contributed by atoms with Crippen molar-refractivity contribution in [1.29, 1.82) is 0 Å². The first-order valence-corrected chi connectivity index (χ1v) is 9.27. The molecule has 0 spiro atoms. The molecule has 0 unspecified atom stereocenters. The number of likely N-dealkylation sites (tertiary alicyclic amines) is 1. The molecule has 134 valence electrons. The molecular weight excluding hydrogens is 316 g/mol. The Balaban J connectivity index is 1.38. The molecule has 0 aliphatic carbocycles. The highest BCUT2D eigenvalue weighted by atomic mass is 16.2. The van der Waals surface area contributed by atoms with E-state index < -0.39 is 6.04 Å². The van der Waals surface area contributed by atoms with Gasteiger partial charge in [0.1, 0.15) is 6.04 Å². The van der Waals surface area contributed by atoms with Crippen molar-refractivity contribution in [3.05, 3.63) is 30.3 Å². The molecule has 1 aromatic carbocycles. The standard InChI is InChI=1S/C19H26N4O2/c1-21-14-7-8-16(21)13-22(11-9-14)19(25)20-17-10-12-23(18(17)24)15-5-3-2-4-6-15/h2-6,14,16-17H,7-13H2,1H3,(H,20,25)/t14-,16-,17-/m0/s1. The van der Waals surface area contributed by atoms with Crippen LogP contribution in [0.15, 0.2) is 30.3 Å². The van der Waals surface area contributed by atoms with Gasteiger partial charge in [-0.2, -0.15) is 0 Å². The Morgan fingerprint density at radius 1 is 1.04 bits per heavy atom. The van der Waals surface area contributed by atoms with Crippen LogP contribution in [0.25, 0.3) is 0 Å². The SMILES string of the molecule is CN1[C@H]2CC[C@H]1CN(C(=O)N[C@H]1CCN(c3ccccc3)C1=O)CC2. The third-order valence-electron chi connectivity index (χ3n) is 6.01. The monoisotopic (exact) mass is 342 g/mol. The highest BCUT2D eigenvalue weighted by molar-refractivity contribution is 6.01. The Kier molecular flexibility index (Phi) is 4.37. The minimum Gasteiger partial charge on any atom is -0.326 e. The summed E-state index contributed by atoms with van der Waals surface area (Å²) in [6.45, 7) is 2.20. The summed E-state index contributed by atoms with van der Waals surface area (Å²) in [5, 5.41) is 2.98. The molecule has 0 saturated carbocycles. The summed E-state index contributed by atoms with van der Waals surface area (Å²) in [6, 6.07) is 10.2. The molecule has 3 atom stereocenters. The van der Waals surface area contributed by atoms with Gasteiger partial charge >= 0.3 is 6.03 Å². The van der Waals surface area contributed by atoms with Crippen LogP contribution in [0.5, 0.6) is 0 Å². The van der Waals surface area contributed by atoms with Crippen LogP contribution < -0.4 is 10.2 Å². The zero-order chi connectivity index (χ0) is 17.4. The lowest BCUT2D eigenvalue weighted by Gasteiger charge is -2.27. The van der Waals surface area contributed by atoms with Crippen LogP contribution in [-0.4, -0.2) is 66.5 Å². The van der Waals surface area contributed by atoms with Gasteiger partial charge in [-0.1, -0.05) is 18.2 Å². The Morgan fingerprint density at radius 3 is 2.60 bits per heavy atom. The topological polar surface area (TPSA) is 55.9 Å². The van der Waals surface area contributed by atoms with Crippen molar-refractivity contribution in [3.8, 4) is 0 Å². The van der Waals surface area contributed by atoms with Gasteiger partial charge in [0.2, 0.25) is 5.91 Å². The zero-order valence-electron chi connectivity index (χ0n) is 14.7. The number of nitrogens with zero attached hydrogens (tertiary/aromatic N) is 3. The number of nitrogens with one attached hydrogen (secondary N) is 1. The van der Waals surface area contributed by atoms with E-state index >= 15 is 0 Å². The molecular formula is C19H26N4O2. The second-order valence-corrected chi connectivity index (χ2v) is 7.40. The van der Waals surface area contributed by atoms with E-state index in [0.29, 0.717) is 25.0 Å². The van der Waals surface area contributed by atoms with Gasteiger partial charge in [0, 0.05) is 37.4 Å². The van der Waals surface area contributed by atoms with Crippen molar-refractivity contribution in [2.24, 2.45) is 0 Å². The number of amides is 3. The number of urea groups is 1. The van der Waals surface area contributed by atoms with E-state index in [2.05, 4.69) is 17.3 Å². The highest BCUT2D eigenvalue weighted by Gasteiger charge is 2.38. The number of benzene rings is 1. The molecule has 25 heavy (non-hydrogen) atoms. The number of anilines is 1. The normalized spacial score (nSPS) is 29.8. The zero-order valence-corrected chi connectivity index (χ0v) is 14.7. The lowest BCUT2D eigenvalue weighted by molar-refractivity contribution is -0.118. The number of hydrogen-bond donors (Lipinski definition) is 1. The molecule has 6 nitrogen and oxygen atoms in total. The molecule has 3 amide bonds. The second kappa shape index (κ2) is 6.67. The van der Waals surface area contributed by atoms with Crippen LogP contribution in [0.1, 0.15) is 25.7 Å². The summed E-state index contributed by atoms with van der Waals surface area (Å²) in [7, 11) is 2.17. The summed E-state index contributed by atoms with van der Waals surface area (Å²) in [5.41, 5.74) is 0.901. The number of fused-ring (bicyclic) bond motifs is 2. The van der Waals surface area contributed by atoms with Crippen molar-refractivity contribution in [3.63, 3.8) is 0 Å². The predicted octanol–water partition coefficient (Wildman–Crippen LogP) is 1.67. The van der Waals surface area contributed by atoms with Gasteiger partial charge in [-0.05, 0) is 44.9 Å². The van der Waals surface area contributed by atoms with Gasteiger partial charge in [-0.15, -0.1) is 0 Å². The maximum atomic E-state index is 12.7. The van der Waals surface area contributed by atoms with Crippen LogP contribution in [0.2, 0.25) is 0 Å². The number of rotatable bonds is 2. The van der Waals surface area contributed by atoms with Crippen LogP contribution in [0.3, 0.4) is 0 Å². The third-order valence-corrected chi connectivity index (χ3v) is 6.01. The van der Waals surface area contributed by atoms with Crippen molar-refractivity contribution in [2.45, 2.75) is 43.8 Å². The molecule has 6 heteroatoms. The number of hydrogen-bond acceptors (Lipinski definition) is 3. The summed E-state index contributed by atoms with van der Waals surface area (Å²) in [5.74, 6) is -0.00647. The van der Waals surface area contributed by atoms with Crippen LogP contribution >= 0.6 is 0 Å². The minimum absolute atomic E-state index is 0.00647. The molecule has 4 rings (SSSR count). The lowest BCUT2D eigenvalue weighted by Crippen LogP contribution is -2.50. The van der Waals surface area contributed by atoms with Crippen molar-refractivity contribution in [1.82, 2.24) is 15.1 Å². The van der Waals surface area contributed by atoms with Crippen LogP contribution in [-0.2, 0) is 4.79 Å². The molecule has 3 saturated heterocycles. The molecule has 0 aromatic heterocycles. The van der Waals surface area contributed by atoms with Gasteiger partial charge in [0.25, 0.3) is 0 Å². The number of para-hydroxylation sites is 1. The highest BCUT2D eigenvalue weighted by Crippen LogP contribution is 2.28. The van der Waals surface area contributed by atoms with E-state index in [9.17, 15) is 9.59 Å². The summed E-state index contributed by atoms with van der Waals surface area (Å²) < 4.78 is 0. The van der Waals surface area contributed by atoms with Crippen molar-refractivity contribution >= 4 is 17.6 Å². The first-order valence-electron chi connectivity index (χ1n) is 9.27. The molecule has 2 bridgehead atoms. The first-order chi connectivity index (χ1) is 12.1. The Morgan fingerprint density at radius 2 is 1.80 bits per heavy atom. The van der Waals surface area contributed by atoms with Gasteiger partial charge in [0.15, 0.2) is 0 Å². The van der Waals surface area contributed by atoms with E-state index in [0.717, 1.165) is 31.6 Å². The summed E-state index contributed by atoms with van der Waals surface area (Å²) >= 11 is 0. The number of carbonyl (C=O) groups is 2. The minimum atomic E-state index is -0.411. The van der Waals surface area contributed by atoms with E-state index in [-0.39, 0.29) is 11.9 Å². The van der Waals surface area contributed by atoms with Crippen molar-refractivity contribution in [2.75, 3.05) is 31.6 Å². The number of likely N-dealkylation sites (N-methyl/N-ethyl adjacent to an activating group) is 1. The smallest absolute Gasteiger partial charge is 0.318 e. The summed E-state index contributed by atoms with van der Waals surface area (Å²) in [4.78, 5) is 31.5. The Hall–Kier alpha value is -2.08. The lowest BCUT2D eigenvalue weighted by atomic mass is 10.1. The average Bonchev–Trinajstić information content (AvgIpc) is 3.08. The molecule has 1 N–H and O–H groups in total. The first kappa shape index (κ1) is 16.4. The second-order valence-electron chi connectivity index (χ2n) is 7.40. The fourth-order valence-electron chi connectivity index (χ4n) is 4.41. The third kappa shape index (κ3) is 3.11.